The first-order valence-electron chi connectivity index (χ1n) is 6.01. The summed E-state index contributed by atoms with van der Waals surface area (Å²) in [5.74, 6) is 0. The second kappa shape index (κ2) is 11.8. The van der Waals surface area contributed by atoms with Gasteiger partial charge in [0.25, 0.3) is 0 Å². The Kier molecular flexibility index (Phi) is 12.5. The molecule has 0 rings (SSSR count). The third-order valence-corrected chi connectivity index (χ3v) is 4.07. The van der Waals surface area contributed by atoms with Crippen molar-refractivity contribution in [3.8, 4) is 0 Å². The minimum absolute atomic E-state index is 0.343. The van der Waals surface area contributed by atoms with Crippen LogP contribution in [0.3, 0.4) is 0 Å². The topological polar surface area (TPSA) is 0 Å². The van der Waals surface area contributed by atoms with E-state index in [1.54, 1.807) is 0 Å². The van der Waals surface area contributed by atoms with Crippen LogP contribution in [0.2, 0.25) is 0 Å². The standard InChI is InChI=1S/C12H24BrCl/c1-2-3-4-5-6-7-8-9-10-12(14)11-13/h12H,2-11H2,1H3. The molecule has 0 N–H and O–H groups in total. The average molecular weight is 284 g/mol. The van der Waals surface area contributed by atoms with E-state index in [1.807, 2.05) is 0 Å². The van der Waals surface area contributed by atoms with E-state index in [0.717, 1.165) is 5.33 Å². The Morgan fingerprint density at radius 3 is 1.93 bits per heavy atom. The van der Waals surface area contributed by atoms with Gasteiger partial charge in [-0.15, -0.1) is 11.6 Å². The molecule has 0 heterocycles. The zero-order valence-electron chi connectivity index (χ0n) is 9.40. The van der Waals surface area contributed by atoms with Crippen LogP contribution in [-0.4, -0.2) is 10.7 Å². The molecular weight excluding hydrogens is 259 g/mol. The van der Waals surface area contributed by atoms with Gasteiger partial charge in [-0.25, -0.2) is 0 Å². The predicted octanol–water partition coefficient (Wildman–Crippen LogP) is 5.52. The molecule has 1 unspecified atom stereocenters. The molecule has 0 aliphatic carbocycles. The van der Waals surface area contributed by atoms with E-state index < -0.39 is 0 Å². The molecule has 0 saturated heterocycles. The maximum absolute atomic E-state index is 6.00. The Hall–Kier alpha value is 0.770. The monoisotopic (exact) mass is 282 g/mol. The first-order valence-corrected chi connectivity index (χ1v) is 7.57. The summed E-state index contributed by atoms with van der Waals surface area (Å²) in [5, 5.41) is 1.28. The van der Waals surface area contributed by atoms with Gasteiger partial charge in [-0.1, -0.05) is 74.2 Å². The van der Waals surface area contributed by atoms with Crippen LogP contribution in [0.15, 0.2) is 0 Å². The van der Waals surface area contributed by atoms with Gasteiger partial charge in [0, 0.05) is 10.7 Å². The molecule has 0 nitrogen and oxygen atoms in total. The van der Waals surface area contributed by atoms with Crippen molar-refractivity contribution in [1.82, 2.24) is 0 Å². The molecule has 0 bridgehead atoms. The number of hydrogen-bond donors (Lipinski definition) is 0. The molecule has 0 spiro atoms. The molecule has 1 atom stereocenters. The highest BCUT2D eigenvalue weighted by atomic mass is 79.9. The van der Waals surface area contributed by atoms with Gasteiger partial charge in [0.2, 0.25) is 0 Å². The van der Waals surface area contributed by atoms with E-state index in [1.165, 1.54) is 57.8 Å². The smallest absolute Gasteiger partial charge is 0.0432 e. The second-order valence-corrected chi connectivity index (χ2v) is 5.28. The van der Waals surface area contributed by atoms with E-state index in [0.29, 0.717) is 5.38 Å². The van der Waals surface area contributed by atoms with E-state index in [4.69, 9.17) is 11.6 Å². The minimum atomic E-state index is 0.343. The molecule has 0 aromatic rings. The number of hydrogen-bond acceptors (Lipinski definition) is 0. The molecule has 0 radical (unpaired) electrons. The average Bonchev–Trinajstić information content (AvgIpc) is 2.21. The minimum Gasteiger partial charge on any atom is -0.122 e. The molecule has 0 fully saturated rings. The molecule has 0 aromatic carbocycles. The zero-order chi connectivity index (χ0) is 10.6. The first-order chi connectivity index (χ1) is 6.81. The zero-order valence-corrected chi connectivity index (χ0v) is 11.7. The number of alkyl halides is 2. The molecule has 0 aromatic heterocycles. The lowest BCUT2D eigenvalue weighted by atomic mass is 10.1. The number of rotatable bonds is 10. The van der Waals surface area contributed by atoms with Crippen molar-refractivity contribution in [2.24, 2.45) is 0 Å². The van der Waals surface area contributed by atoms with Gasteiger partial charge >= 0.3 is 0 Å². The lowest BCUT2D eigenvalue weighted by Gasteiger charge is -2.04. The van der Waals surface area contributed by atoms with E-state index in [-0.39, 0.29) is 0 Å². The Bertz CT molecular complexity index is 106. The van der Waals surface area contributed by atoms with Gasteiger partial charge in [0.05, 0.1) is 0 Å². The van der Waals surface area contributed by atoms with Gasteiger partial charge in [-0.2, -0.15) is 0 Å². The maximum Gasteiger partial charge on any atom is 0.0432 e. The summed E-state index contributed by atoms with van der Waals surface area (Å²) in [4.78, 5) is 0. The Morgan fingerprint density at radius 1 is 0.929 bits per heavy atom. The van der Waals surface area contributed by atoms with Gasteiger partial charge in [-0.3, -0.25) is 0 Å². The second-order valence-electron chi connectivity index (χ2n) is 4.02. The molecule has 86 valence electrons. The van der Waals surface area contributed by atoms with Crippen molar-refractivity contribution in [2.45, 2.75) is 70.1 Å². The van der Waals surface area contributed by atoms with Crippen molar-refractivity contribution in [3.05, 3.63) is 0 Å². The summed E-state index contributed by atoms with van der Waals surface area (Å²) in [7, 11) is 0. The van der Waals surface area contributed by atoms with E-state index in [2.05, 4.69) is 22.9 Å². The molecule has 0 amide bonds. The third kappa shape index (κ3) is 10.8. The molecule has 14 heavy (non-hydrogen) atoms. The number of unbranched alkanes of at least 4 members (excludes halogenated alkanes) is 7. The van der Waals surface area contributed by atoms with Gasteiger partial charge in [0.1, 0.15) is 0 Å². The van der Waals surface area contributed by atoms with Gasteiger partial charge in [0.15, 0.2) is 0 Å². The van der Waals surface area contributed by atoms with Crippen molar-refractivity contribution in [1.29, 1.82) is 0 Å². The summed E-state index contributed by atoms with van der Waals surface area (Å²) in [6, 6.07) is 0. The highest BCUT2D eigenvalue weighted by Crippen LogP contribution is 2.13. The molecule has 2 heteroatoms. The third-order valence-electron chi connectivity index (χ3n) is 2.54. The Balaban J connectivity index is 2.92. The molecule has 0 saturated carbocycles. The van der Waals surface area contributed by atoms with Gasteiger partial charge < -0.3 is 0 Å². The van der Waals surface area contributed by atoms with Crippen molar-refractivity contribution < 1.29 is 0 Å². The summed E-state index contributed by atoms with van der Waals surface area (Å²) in [6.07, 6.45) is 12.3. The fraction of sp³-hybridized carbons (Fsp3) is 1.00. The Morgan fingerprint density at radius 2 is 1.43 bits per heavy atom. The van der Waals surface area contributed by atoms with E-state index >= 15 is 0 Å². The lowest BCUT2D eigenvalue weighted by Crippen LogP contribution is -1.98. The largest absolute Gasteiger partial charge is 0.122 e. The summed E-state index contributed by atoms with van der Waals surface area (Å²) < 4.78 is 0. The van der Waals surface area contributed by atoms with Crippen molar-refractivity contribution in [3.63, 3.8) is 0 Å². The van der Waals surface area contributed by atoms with Crippen LogP contribution in [-0.2, 0) is 0 Å². The summed E-state index contributed by atoms with van der Waals surface area (Å²) in [5.41, 5.74) is 0. The SMILES string of the molecule is CCCCCCCCCCC(Cl)CBr. The normalized spacial score (nSPS) is 13.1. The predicted molar refractivity (Wildman–Crippen MR) is 70.7 cm³/mol. The first kappa shape index (κ1) is 14.8. The summed E-state index contributed by atoms with van der Waals surface area (Å²) >= 11 is 9.39. The van der Waals surface area contributed by atoms with Gasteiger partial charge in [-0.05, 0) is 6.42 Å². The molecular formula is C12H24BrCl. The lowest BCUT2D eigenvalue weighted by molar-refractivity contribution is 0.564. The maximum atomic E-state index is 6.00. The van der Waals surface area contributed by atoms with Crippen LogP contribution in [0.25, 0.3) is 0 Å². The fourth-order valence-corrected chi connectivity index (χ4v) is 2.05. The molecule has 0 aliphatic heterocycles. The van der Waals surface area contributed by atoms with Crippen LogP contribution in [0.1, 0.15) is 64.7 Å². The van der Waals surface area contributed by atoms with Crippen LogP contribution in [0, 0.1) is 0 Å². The van der Waals surface area contributed by atoms with Crippen LogP contribution in [0.5, 0.6) is 0 Å². The fourth-order valence-electron chi connectivity index (χ4n) is 1.58. The highest BCUT2D eigenvalue weighted by Gasteiger charge is 2.00. The van der Waals surface area contributed by atoms with Crippen LogP contribution in [0.4, 0.5) is 0 Å². The van der Waals surface area contributed by atoms with Crippen molar-refractivity contribution >= 4 is 27.5 Å². The quantitative estimate of drug-likeness (QED) is 0.366. The van der Waals surface area contributed by atoms with Crippen LogP contribution >= 0.6 is 27.5 Å². The summed E-state index contributed by atoms with van der Waals surface area (Å²) in [6.45, 7) is 2.26. The number of halogens is 2. The highest BCUT2D eigenvalue weighted by molar-refractivity contribution is 9.09. The van der Waals surface area contributed by atoms with E-state index in [9.17, 15) is 0 Å². The van der Waals surface area contributed by atoms with Crippen LogP contribution < -0.4 is 0 Å². The molecule has 0 aliphatic rings. The Labute approximate surface area is 103 Å². The van der Waals surface area contributed by atoms with Crippen molar-refractivity contribution in [2.75, 3.05) is 5.33 Å².